The summed E-state index contributed by atoms with van der Waals surface area (Å²) < 4.78 is 27.2. The second-order valence-electron chi connectivity index (χ2n) is 7.52. The number of halogens is 2. The molecule has 0 aliphatic carbocycles. The van der Waals surface area contributed by atoms with Crippen LogP contribution in [0, 0.1) is 12.8 Å². The SMILES string of the molecule is Cc1c(NC(=O)C2CCCN(S(=O)(=O)Cc3ccc(Cl)cc3Cl)C2)cccc1C(N)=O. The third-order valence-electron chi connectivity index (χ3n) is 5.36. The van der Waals surface area contributed by atoms with Crippen molar-refractivity contribution in [2.45, 2.75) is 25.5 Å². The Balaban J connectivity index is 1.72. The summed E-state index contributed by atoms with van der Waals surface area (Å²) in [5.74, 6) is -1.66. The Morgan fingerprint density at radius 3 is 2.65 bits per heavy atom. The summed E-state index contributed by atoms with van der Waals surface area (Å²) in [4.78, 5) is 24.4. The number of nitrogens with one attached hydrogen (secondary N) is 1. The lowest BCUT2D eigenvalue weighted by molar-refractivity contribution is -0.120. The lowest BCUT2D eigenvalue weighted by Crippen LogP contribution is -2.44. The smallest absolute Gasteiger partial charge is 0.249 e. The molecule has 0 spiro atoms. The zero-order valence-electron chi connectivity index (χ0n) is 16.9. The highest BCUT2D eigenvalue weighted by Crippen LogP contribution is 2.27. The van der Waals surface area contributed by atoms with Crippen molar-refractivity contribution in [2.24, 2.45) is 11.7 Å². The largest absolute Gasteiger partial charge is 0.366 e. The topological polar surface area (TPSA) is 110 Å². The fourth-order valence-electron chi connectivity index (χ4n) is 3.61. The Morgan fingerprint density at radius 2 is 1.97 bits per heavy atom. The van der Waals surface area contributed by atoms with Crippen molar-refractivity contribution < 1.29 is 18.0 Å². The average molecular weight is 484 g/mol. The molecule has 0 radical (unpaired) electrons. The number of piperidine rings is 1. The van der Waals surface area contributed by atoms with Gasteiger partial charge in [0.2, 0.25) is 21.8 Å². The molecule has 2 amide bonds. The highest BCUT2D eigenvalue weighted by Gasteiger charge is 2.33. The first-order valence-corrected chi connectivity index (χ1v) is 12.1. The van der Waals surface area contributed by atoms with Gasteiger partial charge >= 0.3 is 0 Å². The van der Waals surface area contributed by atoms with Crippen LogP contribution in [0.4, 0.5) is 5.69 Å². The molecule has 0 saturated carbocycles. The molecule has 1 saturated heterocycles. The van der Waals surface area contributed by atoms with Crippen LogP contribution < -0.4 is 11.1 Å². The fraction of sp³-hybridized carbons (Fsp3) is 0.333. The van der Waals surface area contributed by atoms with Crippen molar-refractivity contribution in [3.63, 3.8) is 0 Å². The van der Waals surface area contributed by atoms with E-state index in [4.69, 9.17) is 28.9 Å². The number of amides is 2. The van der Waals surface area contributed by atoms with E-state index < -0.39 is 21.8 Å². The average Bonchev–Trinajstić information content (AvgIpc) is 2.71. The maximum atomic E-state index is 12.9. The summed E-state index contributed by atoms with van der Waals surface area (Å²) in [5.41, 5.74) is 7.19. The number of carbonyl (C=O) groups is 2. The molecule has 1 aliphatic rings. The standard InChI is InChI=1S/C21H23Cl2N3O4S/c1-13-17(20(24)27)5-2-6-19(13)25-21(28)14-4-3-9-26(11-14)31(29,30)12-15-7-8-16(22)10-18(15)23/h2,5-8,10,14H,3-4,9,11-12H2,1H3,(H2,24,27)(H,25,28). The maximum Gasteiger partial charge on any atom is 0.249 e. The second kappa shape index (κ2) is 9.56. The molecule has 3 N–H and O–H groups in total. The molecule has 1 fully saturated rings. The molecule has 7 nitrogen and oxygen atoms in total. The normalized spacial score (nSPS) is 17.3. The monoisotopic (exact) mass is 483 g/mol. The van der Waals surface area contributed by atoms with Gasteiger partial charge in [0.05, 0.1) is 11.7 Å². The summed E-state index contributed by atoms with van der Waals surface area (Å²) in [6.07, 6.45) is 1.13. The van der Waals surface area contributed by atoms with Crippen molar-refractivity contribution in [3.8, 4) is 0 Å². The summed E-state index contributed by atoms with van der Waals surface area (Å²) in [5, 5.41) is 3.52. The molecule has 10 heteroatoms. The van der Waals surface area contributed by atoms with Gasteiger partial charge < -0.3 is 11.1 Å². The lowest BCUT2D eigenvalue weighted by atomic mass is 9.98. The van der Waals surface area contributed by atoms with Gasteiger partial charge in [-0.3, -0.25) is 9.59 Å². The Kier molecular flexibility index (Phi) is 7.26. The van der Waals surface area contributed by atoms with Crippen LogP contribution in [0.3, 0.4) is 0 Å². The summed E-state index contributed by atoms with van der Waals surface area (Å²) in [6.45, 7) is 2.12. The highest BCUT2D eigenvalue weighted by molar-refractivity contribution is 7.88. The highest BCUT2D eigenvalue weighted by atomic mass is 35.5. The molecular weight excluding hydrogens is 461 g/mol. The maximum absolute atomic E-state index is 12.9. The van der Waals surface area contributed by atoms with Crippen molar-refractivity contribution in [3.05, 3.63) is 63.1 Å². The number of hydrogen-bond donors (Lipinski definition) is 2. The quantitative estimate of drug-likeness (QED) is 0.653. The van der Waals surface area contributed by atoms with Gasteiger partial charge in [-0.15, -0.1) is 0 Å². The van der Waals surface area contributed by atoms with E-state index in [0.717, 1.165) is 0 Å². The van der Waals surface area contributed by atoms with E-state index in [1.165, 1.54) is 10.4 Å². The minimum Gasteiger partial charge on any atom is -0.366 e. The first-order chi connectivity index (χ1) is 14.6. The molecule has 0 bridgehead atoms. The Morgan fingerprint density at radius 1 is 1.23 bits per heavy atom. The number of carbonyl (C=O) groups excluding carboxylic acids is 2. The van der Waals surface area contributed by atoms with Crippen LogP contribution in [0.15, 0.2) is 36.4 Å². The van der Waals surface area contributed by atoms with Gasteiger partial charge in [0.25, 0.3) is 0 Å². The van der Waals surface area contributed by atoms with E-state index in [9.17, 15) is 18.0 Å². The zero-order valence-corrected chi connectivity index (χ0v) is 19.2. The number of anilines is 1. The third-order valence-corrected chi connectivity index (χ3v) is 7.74. The molecule has 1 heterocycles. The number of primary amides is 1. The molecule has 1 aliphatic heterocycles. The van der Waals surface area contributed by atoms with E-state index in [1.54, 1.807) is 37.3 Å². The van der Waals surface area contributed by atoms with Gasteiger partial charge in [0.15, 0.2) is 0 Å². The van der Waals surface area contributed by atoms with Gasteiger partial charge in [0.1, 0.15) is 0 Å². The van der Waals surface area contributed by atoms with Crippen molar-refractivity contribution >= 4 is 50.7 Å². The second-order valence-corrected chi connectivity index (χ2v) is 10.3. The van der Waals surface area contributed by atoms with E-state index in [0.29, 0.717) is 46.8 Å². The first-order valence-electron chi connectivity index (χ1n) is 9.70. The molecule has 2 aromatic carbocycles. The van der Waals surface area contributed by atoms with Crippen LogP contribution in [0.25, 0.3) is 0 Å². The predicted octanol–water partition coefficient (Wildman–Crippen LogP) is 3.58. The van der Waals surface area contributed by atoms with E-state index in [2.05, 4.69) is 5.32 Å². The number of benzene rings is 2. The predicted molar refractivity (Wildman–Crippen MR) is 122 cm³/mol. The Labute approximate surface area is 191 Å². The number of nitrogens with two attached hydrogens (primary N) is 1. The van der Waals surface area contributed by atoms with Crippen LogP contribution in [-0.4, -0.2) is 37.6 Å². The van der Waals surface area contributed by atoms with Crippen LogP contribution in [0.1, 0.15) is 34.3 Å². The van der Waals surface area contributed by atoms with Crippen molar-refractivity contribution in [1.29, 1.82) is 0 Å². The number of nitrogens with zero attached hydrogens (tertiary/aromatic N) is 1. The Hall–Kier alpha value is -2.13. The fourth-order valence-corrected chi connectivity index (χ4v) is 5.80. The van der Waals surface area contributed by atoms with Crippen molar-refractivity contribution in [1.82, 2.24) is 4.31 Å². The molecular formula is C21H23Cl2N3O4S. The van der Waals surface area contributed by atoms with Crippen LogP contribution in [0.5, 0.6) is 0 Å². The van der Waals surface area contributed by atoms with E-state index in [-0.39, 0.29) is 23.2 Å². The van der Waals surface area contributed by atoms with Gasteiger partial charge in [-0.2, -0.15) is 0 Å². The van der Waals surface area contributed by atoms with Gasteiger partial charge in [-0.05, 0) is 55.2 Å². The minimum atomic E-state index is -3.67. The minimum absolute atomic E-state index is 0.0773. The molecule has 166 valence electrons. The summed E-state index contributed by atoms with van der Waals surface area (Å²) >= 11 is 12.0. The third kappa shape index (κ3) is 5.57. The summed E-state index contributed by atoms with van der Waals surface area (Å²) in [7, 11) is -3.67. The molecule has 3 rings (SSSR count). The number of rotatable bonds is 6. The zero-order chi connectivity index (χ0) is 22.8. The molecule has 1 unspecified atom stereocenters. The van der Waals surface area contributed by atoms with Crippen molar-refractivity contribution in [2.75, 3.05) is 18.4 Å². The molecule has 0 aromatic heterocycles. The number of hydrogen-bond acceptors (Lipinski definition) is 4. The van der Waals surface area contributed by atoms with Gasteiger partial charge in [0, 0.05) is 34.4 Å². The number of sulfonamides is 1. The van der Waals surface area contributed by atoms with E-state index >= 15 is 0 Å². The van der Waals surface area contributed by atoms with Crippen LogP contribution in [-0.2, 0) is 20.6 Å². The summed E-state index contributed by atoms with van der Waals surface area (Å²) in [6, 6.07) is 9.58. The molecule has 2 aromatic rings. The molecule has 1 atom stereocenters. The van der Waals surface area contributed by atoms with Crippen LogP contribution in [0.2, 0.25) is 10.0 Å². The van der Waals surface area contributed by atoms with Gasteiger partial charge in [-0.25, -0.2) is 12.7 Å². The van der Waals surface area contributed by atoms with E-state index in [1.807, 2.05) is 0 Å². The lowest BCUT2D eigenvalue weighted by Gasteiger charge is -2.31. The Bertz CT molecular complexity index is 1120. The van der Waals surface area contributed by atoms with Gasteiger partial charge in [-0.1, -0.05) is 35.3 Å². The first kappa shape index (κ1) is 23.5. The van der Waals surface area contributed by atoms with Crippen LogP contribution >= 0.6 is 23.2 Å². The molecule has 31 heavy (non-hydrogen) atoms.